The average Bonchev–Trinajstić information content (AvgIpc) is 3.34. The quantitative estimate of drug-likeness (QED) is 0.0446. The van der Waals surface area contributed by atoms with E-state index in [4.69, 9.17) is 35.0 Å². The van der Waals surface area contributed by atoms with Gasteiger partial charge in [-0.2, -0.15) is 0 Å². The van der Waals surface area contributed by atoms with Crippen molar-refractivity contribution in [3.8, 4) is 0 Å². The number of carboxylic acid groups (broad SMARTS) is 1. The first kappa shape index (κ1) is 45.9. The summed E-state index contributed by atoms with van der Waals surface area (Å²) in [5.74, 6) is -9.61. The Bertz CT molecular complexity index is 1610. The van der Waals surface area contributed by atoms with Crippen molar-refractivity contribution in [2.45, 2.75) is 115 Å². The summed E-state index contributed by atoms with van der Waals surface area (Å²) < 4.78 is 49.9. The summed E-state index contributed by atoms with van der Waals surface area (Å²) in [4.78, 5) is 86.0. The predicted octanol–water partition coefficient (Wildman–Crippen LogP) is 2.70. The van der Waals surface area contributed by atoms with Crippen molar-refractivity contribution in [3.05, 3.63) is 23.8 Å². The van der Waals surface area contributed by atoms with Gasteiger partial charge in [-0.05, 0) is 69.1 Å². The maximum atomic E-state index is 17.8. The number of esters is 3. The number of ether oxygens (including phenoxy) is 3. The smallest absolute Gasteiger partial charge is 0.345 e. The standard InChI is InChI=1S/C36H50F2N2O17/c1-20-14-22-23-16-25(37)24-15-21(41)10-11-33(24,2)35(23,38)27(42)18-34(22,3)36(20,57-30(45)9-7-13-55-40(51)52)28(43)19-53-31(46)17-26(32(47)48)56-29(44)8-5-4-6-12-54-39(49)50/h10-11,15,20,22-23,25-27,42,49-52H,4-9,12-14,16-19H2,1-3H3,(H,47,48)/t20-,22?,23?,25+,26?,27+,33+,34+,35+,36+/m1/s1. The number of alkyl halides is 2. The SMILES string of the molecule is C[C@@H]1CC2C3C[C@H](F)C4=CC(=O)C=C[C@]4(C)[C@@]3(F)[C@@H](O)C[C@]2(C)[C@@]1(OC(=O)CCCON(O)O)C(=O)COC(=O)CC(OC(=O)CCCCCON(O)O)C(=O)O. The zero-order chi connectivity index (χ0) is 42.5. The third-order valence-electron chi connectivity index (χ3n) is 12.1. The Morgan fingerprint density at radius 1 is 0.912 bits per heavy atom. The number of aliphatic carboxylic acids is 1. The summed E-state index contributed by atoms with van der Waals surface area (Å²) in [5.41, 5.74) is -8.24. The van der Waals surface area contributed by atoms with Crippen LogP contribution in [-0.4, -0.2) is 127 Å². The second-order valence-corrected chi connectivity index (χ2v) is 15.4. The summed E-state index contributed by atoms with van der Waals surface area (Å²) in [6.07, 6.45) is -4.27. The summed E-state index contributed by atoms with van der Waals surface area (Å²) in [6.45, 7) is 2.87. The molecule has 6 N–H and O–H groups in total. The van der Waals surface area contributed by atoms with Gasteiger partial charge in [-0.25, -0.2) is 13.6 Å². The Balaban J connectivity index is 1.55. The van der Waals surface area contributed by atoms with Crippen molar-refractivity contribution in [1.29, 1.82) is 0 Å². The number of allylic oxidation sites excluding steroid dienone is 4. The van der Waals surface area contributed by atoms with Crippen LogP contribution in [0.3, 0.4) is 0 Å². The van der Waals surface area contributed by atoms with E-state index < -0.39 is 137 Å². The first-order chi connectivity index (χ1) is 26.6. The van der Waals surface area contributed by atoms with Gasteiger partial charge in [0.2, 0.25) is 11.9 Å². The fourth-order valence-corrected chi connectivity index (χ4v) is 9.54. The molecule has 10 atom stereocenters. The normalized spacial score (nSPS) is 33.5. The highest BCUT2D eigenvalue weighted by atomic mass is 19.1. The number of ketones is 2. The molecule has 0 aliphatic heterocycles. The minimum Gasteiger partial charge on any atom is -0.478 e. The van der Waals surface area contributed by atoms with E-state index >= 15 is 8.78 Å². The number of carbonyl (C=O) groups excluding carboxylic acids is 5. The van der Waals surface area contributed by atoms with Crippen LogP contribution < -0.4 is 0 Å². The molecule has 0 amide bonds. The Hall–Kier alpha value is -3.80. The van der Waals surface area contributed by atoms with Gasteiger partial charge < -0.3 is 24.4 Å². The molecule has 3 fully saturated rings. The molecule has 0 bridgehead atoms. The summed E-state index contributed by atoms with van der Waals surface area (Å²) in [7, 11) is 0. The van der Waals surface area contributed by atoms with Crippen LogP contribution in [0.1, 0.15) is 85.0 Å². The van der Waals surface area contributed by atoms with E-state index in [-0.39, 0.29) is 44.5 Å². The molecule has 0 aromatic heterocycles. The molecule has 4 aliphatic carbocycles. The van der Waals surface area contributed by atoms with E-state index in [2.05, 4.69) is 9.68 Å². The number of rotatable bonds is 20. The molecule has 0 heterocycles. The fraction of sp³-hybridized carbons (Fsp3) is 0.722. The van der Waals surface area contributed by atoms with E-state index in [1.54, 1.807) is 0 Å². The number of aliphatic hydroxyl groups excluding tert-OH is 1. The molecular formula is C36H50F2N2O17. The van der Waals surface area contributed by atoms with Crippen LogP contribution in [-0.2, 0) is 52.7 Å². The van der Waals surface area contributed by atoms with Gasteiger partial charge in [0, 0.05) is 35.5 Å². The van der Waals surface area contributed by atoms with Crippen LogP contribution in [0.4, 0.5) is 8.78 Å². The highest BCUT2D eigenvalue weighted by molar-refractivity contribution is 6.01. The fourth-order valence-electron chi connectivity index (χ4n) is 9.54. The molecule has 57 heavy (non-hydrogen) atoms. The lowest BCUT2D eigenvalue weighted by Gasteiger charge is -2.63. The minimum atomic E-state index is -2.53. The molecule has 0 saturated heterocycles. The lowest BCUT2D eigenvalue weighted by molar-refractivity contribution is -0.492. The maximum absolute atomic E-state index is 17.8. The molecule has 320 valence electrons. The van der Waals surface area contributed by atoms with Gasteiger partial charge in [-0.15, -0.1) is 0 Å². The zero-order valence-electron chi connectivity index (χ0n) is 31.7. The van der Waals surface area contributed by atoms with Crippen molar-refractivity contribution in [2.75, 3.05) is 19.8 Å². The third kappa shape index (κ3) is 9.26. The molecule has 4 aliphatic rings. The van der Waals surface area contributed by atoms with Gasteiger partial charge in [0.25, 0.3) is 0 Å². The number of aliphatic hydroxyl groups is 1. The summed E-state index contributed by atoms with van der Waals surface area (Å²) in [5, 5.41) is 55.0. The third-order valence-corrected chi connectivity index (χ3v) is 12.1. The number of halogens is 2. The average molecular weight is 821 g/mol. The van der Waals surface area contributed by atoms with Gasteiger partial charge >= 0.3 is 23.9 Å². The van der Waals surface area contributed by atoms with Crippen LogP contribution in [0.2, 0.25) is 0 Å². The Kier molecular flexibility index (Phi) is 14.8. The van der Waals surface area contributed by atoms with E-state index in [9.17, 15) is 39.0 Å². The lowest BCUT2D eigenvalue weighted by atomic mass is 9.44. The van der Waals surface area contributed by atoms with Crippen LogP contribution in [0, 0.1) is 28.6 Å². The molecule has 0 radical (unpaired) electrons. The van der Waals surface area contributed by atoms with Crippen molar-refractivity contribution in [3.63, 3.8) is 0 Å². The monoisotopic (exact) mass is 820 g/mol. The zero-order valence-corrected chi connectivity index (χ0v) is 31.7. The number of carboxylic acids is 1. The number of nitrogens with zero attached hydrogens (tertiary/aromatic N) is 2. The molecule has 21 heteroatoms. The number of unbranched alkanes of at least 4 members (excludes halogenated alkanes) is 2. The van der Waals surface area contributed by atoms with Crippen LogP contribution >= 0.6 is 0 Å². The second-order valence-electron chi connectivity index (χ2n) is 15.4. The largest absolute Gasteiger partial charge is 0.478 e. The number of hydrogen-bond donors (Lipinski definition) is 6. The number of fused-ring (bicyclic) bond motifs is 5. The number of Topliss-reactive ketones (excluding diaryl/α,β-unsaturated/α-hetero) is 1. The minimum absolute atomic E-state index is 0.0184. The Labute approximate surface area is 325 Å². The Morgan fingerprint density at radius 2 is 1.54 bits per heavy atom. The maximum Gasteiger partial charge on any atom is 0.345 e. The highest BCUT2D eigenvalue weighted by Crippen LogP contribution is 2.71. The Morgan fingerprint density at radius 3 is 2.18 bits per heavy atom. The van der Waals surface area contributed by atoms with Crippen molar-refractivity contribution in [1.82, 2.24) is 10.8 Å². The van der Waals surface area contributed by atoms with Crippen molar-refractivity contribution >= 4 is 35.4 Å². The highest BCUT2D eigenvalue weighted by Gasteiger charge is 2.78. The van der Waals surface area contributed by atoms with E-state index in [0.29, 0.717) is 12.8 Å². The molecule has 19 nitrogen and oxygen atoms in total. The first-order valence-corrected chi connectivity index (χ1v) is 18.5. The molecule has 0 spiro atoms. The van der Waals surface area contributed by atoms with Gasteiger partial charge in [-0.1, -0.05) is 26.3 Å². The van der Waals surface area contributed by atoms with E-state index in [1.807, 2.05) is 0 Å². The van der Waals surface area contributed by atoms with Crippen molar-refractivity contribution < 1.29 is 92.5 Å². The summed E-state index contributed by atoms with van der Waals surface area (Å²) in [6, 6.07) is 0. The summed E-state index contributed by atoms with van der Waals surface area (Å²) >= 11 is 0. The molecule has 0 aromatic rings. The van der Waals surface area contributed by atoms with Gasteiger partial charge in [0.05, 0.1) is 36.5 Å². The second kappa shape index (κ2) is 18.4. The first-order valence-electron chi connectivity index (χ1n) is 18.5. The van der Waals surface area contributed by atoms with E-state index in [0.717, 1.165) is 12.2 Å². The van der Waals surface area contributed by atoms with Crippen LogP contribution in [0.25, 0.3) is 0 Å². The lowest BCUT2D eigenvalue weighted by Crippen LogP contribution is -2.71. The van der Waals surface area contributed by atoms with Crippen LogP contribution in [0.5, 0.6) is 0 Å². The van der Waals surface area contributed by atoms with Crippen molar-refractivity contribution in [2.24, 2.45) is 28.6 Å². The molecule has 4 rings (SSSR count). The van der Waals surface area contributed by atoms with E-state index in [1.165, 1.54) is 26.8 Å². The van der Waals surface area contributed by atoms with Gasteiger partial charge in [0.1, 0.15) is 6.17 Å². The number of hydrogen-bond acceptors (Lipinski definition) is 18. The molecular weight excluding hydrogens is 770 g/mol. The molecule has 0 aromatic carbocycles. The number of carbonyl (C=O) groups is 6. The van der Waals surface area contributed by atoms with Gasteiger partial charge in [0.15, 0.2) is 23.7 Å². The van der Waals surface area contributed by atoms with Crippen LogP contribution in [0.15, 0.2) is 23.8 Å². The van der Waals surface area contributed by atoms with Gasteiger partial charge in [-0.3, -0.25) is 54.5 Å². The topological polar surface area (TPSA) is 276 Å². The molecule has 3 unspecified atom stereocenters. The predicted molar refractivity (Wildman–Crippen MR) is 181 cm³/mol. The molecule has 3 saturated carbocycles.